The maximum absolute atomic E-state index is 11.0. The average molecular weight is 170 g/mol. The lowest BCUT2D eigenvalue weighted by Gasteiger charge is -2.10. The predicted octanol–water partition coefficient (Wildman–Crippen LogP) is -0.900. The molecule has 0 fully saturated rings. The fraction of sp³-hybridized carbons (Fsp3) is 0.625. The maximum Gasteiger partial charge on any atom is 0.249 e. The molecule has 0 aromatic carbocycles. The molecule has 12 heavy (non-hydrogen) atoms. The molecule has 0 radical (unpaired) electrons. The summed E-state index contributed by atoms with van der Waals surface area (Å²) in [7, 11) is 0. The third-order valence-corrected chi connectivity index (χ3v) is 1.22. The number of nitrogens with two attached hydrogens (primary N) is 1. The van der Waals surface area contributed by atoms with Crippen LogP contribution in [-0.2, 0) is 9.53 Å². The van der Waals surface area contributed by atoms with Gasteiger partial charge in [0.2, 0.25) is 5.91 Å². The highest BCUT2D eigenvalue weighted by Gasteiger charge is 2.10. The lowest BCUT2D eigenvalue weighted by molar-refractivity contribution is -0.131. The van der Waals surface area contributed by atoms with E-state index in [0.29, 0.717) is 13.2 Å². The minimum atomic E-state index is -0.484. The molecule has 3 N–H and O–H groups in total. The Labute approximate surface area is 72.5 Å². The van der Waals surface area contributed by atoms with Gasteiger partial charge in [0.1, 0.15) is 6.10 Å². The van der Waals surface area contributed by atoms with Gasteiger partial charge in [-0.15, -0.1) is 6.42 Å². The zero-order chi connectivity index (χ0) is 9.40. The molecule has 1 atom stereocenters. The lowest BCUT2D eigenvalue weighted by atomic mass is 10.4. The highest BCUT2D eigenvalue weighted by atomic mass is 16.5. The highest BCUT2D eigenvalue weighted by molar-refractivity contribution is 5.80. The van der Waals surface area contributed by atoms with Crippen LogP contribution in [0.2, 0.25) is 0 Å². The van der Waals surface area contributed by atoms with E-state index in [1.807, 2.05) is 0 Å². The molecule has 1 unspecified atom stereocenters. The monoisotopic (exact) mass is 170 g/mol. The van der Waals surface area contributed by atoms with E-state index in [1.54, 1.807) is 6.92 Å². The predicted molar refractivity (Wildman–Crippen MR) is 46.3 cm³/mol. The zero-order valence-electron chi connectivity index (χ0n) is 7.17. The molecule has 0 aliphatic rings. The molecular formula is C8H14N2O2. The van der Waals surface area contributed by atoms with Gasteiger partial charge in [-0.25, -0.2) is 0 Å². The molecular weight excluding hydrogens is 156 g/mol. The minimum Gasteiger partial charge on any atom is -0.367 e. The summed E-state index contributed by atoms with van der Waals surface area (Å²) in [6.45, 7) is 2.67. The third-order valence-electron chi connectivity index (χ3n) is 1.22. The van der Waals surface area contributed by atoms with Crippen molar-refractivity contribution in [2.24, 2.45) is 5.73 Å². The molecule has 0 saturated carbocycles. The number of amides is 1. The van der Waals surface area contributed by atoms with E-state index in [9.17, 15) is 4.79 Å². The smallest absolute Gasteiger partial charge is 0.249 e. The van der Waals surface area contributed by atoms with Crippen LogP contribution >= 0.6 is 0 Å². The zero-order valence-corrected chi connectivity index (χ0v) is 7.17. The number of carbonyl (C=O) groups excluding carboxylic acids is 1. The van der Waals surface area contributed by atoms with Crippen molar-refractivity contribution in [3.63, 3.8) is 0 Å². The van der Waals surface area contributed by atoms with Crippen LogP contribution in [0.4, 0.5) is 0 Å². The fourth-order valence-corrected chi connectivity index (χ4v) is 0.602. The Morgan fingerprint density at radius 2 is 2.50 bits per heavy atom. The van der Waals surface area contributed by atoms with E-state index in [-0.39, 0.29) is 12.5 Å². The Kier molecular flexibility index (Phi) is 6.07. The summed E-state index contributed by atoms with van der Waals surface area (Å²) < 4.78 is 5.04. The largest absolute Gasteiger partial charge is 0.367 e. The number of carbonyl (C=O) groups is 1. The number of rotatable bonds is 5. The Hall–Kier alpha value is -1.05. The molecule has 0 bridgehead atoms. The molecule has 1 amide bonds. The molecule has 4 heteroatoms. The molecule has 0 aromatic heterocycles. The van der Waals surface area contributed by atoms with Gasteiger partial charge in [-0.05, 0) is 6.92 Å². The molecule has 0 aromatic rings. The van der Waals surface area contributed by atoms with E-state index in [1.165, 1.54) is 0 Å². The SMILES string of the molecule is C#CCNC(=O)C(C)OCCN. The summed E-state index contributed by atoms with van der Waals surface area (Å²) in [5, 5.41) is 2.50. The average Bonchev–Trinajstić information content (AvgIpc) is 2.10. The number of terminal acetylenes is 1. The van der Waals surface area contributed by atoms with Gasteiger partial charge in [-0.1, -0.05) is 5.92 Å². The Bertz CT molecular complexity index is 174. The first kappa shape index (κ1) is 11.0. The molecule has 0 rings (SSSR count). The van der Waals surface area contributed by atoms with Crippen molar-refractivity contribution in [3.8, 4) is 12.3 Å². The molecule has 0 aliphatic heterocycles. The van der Waals surface area contributed by atoms with Crippen LogP contribution in [0.15, 0.2) is 0 Å². The van der Waals surface area contributed by atoms with Gasteiger partial charge < -0.3 is 15.8 Å². The molecule has 0 aliphatic carbocycles. The third kappa shape index (κ3) is 4.72. The van der Waals surface area contributed by atoms with Crippen molar-refractivity contribution in [1.29, 1.82) is 0 Å². The molecule has 68 valence electrons. The van der Waals surface area contributed by atoms with Crippen molar-refractivity contribution in [3.05, 3.63) is 0 Å². The van der Waals surface area contributed by atoms with Crippen LogP contribution in [-0.4, -0.2) is 31.7 Å². The Morgan fingerprint density at radius 1 is 1.83 bits per heavy atom. The molecule has 0 heterocycles. The molecule has 0 spiro atoms. The first-order chi connectivity index (χ1) is 5.72. The van der Waals surface area contributed by atoms with Crippen molar-refractivity contribution in [1.82, 2.24) is 5.32 Å². The van der Waals surface area contributed by atoms with Gasteiger partial charge in [0, 0.05) is 6.54 Å². The number of hydrogen-bond donors (Lipinski definition) is 2. The van der Waals surface area contributed by atoms with Gasteiger partial charge in [-0.2, -0.15) is 0 Å². The summed E-state index contributed by atoms with van der Waals surface area (Å²) in [4.78, 5) is 11.0. The minimum absolute atomic E-state index is 0.207. The van der Waals surface area contributed by atoms with Gasteiger partial charge in [0.15, 0.2) is 0 Å². The van der Waals surface area contributed by atoms with Crippen molar-refractivity contribution in [2.75, 3.05) is 19.7 Å². The van der Waals surface area contributed by atoms with Gasteiger partial charge in [0.25, 0.3) is 0 Å². The van der Waals surface area contributed by atoms with E-state index in [0.717, 1.165) is 0 Å². The second-order valence-electron chi connectivity index (χ2n) is 2.22. The van der Waals surface area contributed by atoms with Gasteiger partial charge >= 0.3 is 0 Å². The lowest BCUT2D eigenvalue weighted by Crippen LogP contribution is -2.35. The summed E-state index contributed by atoms with van der Waals surface area (Å²) in [6, 6.07) is 0. The maximum atomic E-state index is 11.0. The van der Waals surface area contributed by atoms with Crippen LogP contribution in [0.25, 0.3) is 0 Å². The van der Waals surface area contributed by atoms with Gasteiger partial charge in [-0.3, -0.25) is 4.79 Å². The van der Waals surface area contributed by atoms with Crippen LogP contribution in [0.3, 0.4) is 0 Å². The first-order valence-electron chi connectivity index (χ1n) is 3.75. The number of hydrogen-bond acceptors (Lipinski definition) is 3. The second-order valence-corrected chi connectivity index (χ2v) is 2.22. The number of ether oxygens (including phenoxy) is 1. The van der Waals surface area contributed by atoms with Crippen LogP contribution in [0.1, 0.15) is 6.92 Å². The normalized spacial score (nSPS) is 11.8. The topological polar surface area (TPSA) is 64.3 Å². The van der Waals surface area contributed by atoms with Gasteiger partial charge in [0.05, 0.1) is 13.2 Å². The molecule has 4 nitrogen and oxygen atoms in total. The summed E-state index contributed by atoms with van der Waals surface area (Å²) in [6.07, 6.45) is 4.47. The first-order valence-corrected chi connectivity index (χ1v) is 3.75. The summed E-state index contributed by atoms with van der Waals surface area (Å²) >= 11 is 0. The Balaban J connectivity index is 3.55. The van der Waals surface area contributed by atoms with Crippen LogP contribution in [0, 0.1) is 12.3 Å². The van der Waals surface area contributed by atoms with Crippen molar-refractivity contribution in [2.45, 2.75) is 13.0 Å². The number of nitrogens with one attached hydrogen (secondary N) is 1. The standard InChI is InChI=1S/C8H14N2O2/c1-3-5-10-8(11)7(2)12-6-4-9/h1,7H,4-6,9H2,2H3,(H,10,11). The van der Waals surface area contributed by atoms with E-state index < -0.39 is 6.10 Å². The highest BCUT2D eigenvalue weighted by Crippen LogP contribution is 1.88. The quantitative estimate of drug-likeness (QED) is 0.525. The van der Waals surface area contributed by atoms with Crippen molar-refractivity contribution < 1.29 is 9.53 Å². The Morgan fingerprint density at radius 3 is 3.00 bits per heavy atom. The van der Waals surface area contributed by atoms with E-state index in [2.05, 4.69) is 11.2 Å². The van der Waals surface area contributed by atoms with Crippen LogP contribution < -0.4 is 11.1 Å². The summed E-state index contributed by atoms with van der Waals surface area (Å²) in [5.41, 5.74) is 5.19. The van der Waals surface area contributed by atoms with E-state index >= 15 is 0 Å². The fourth-order valence-electron chi connectivity index (χ4n) is 0.602. The second kappa shape index (κ2) is 6.65. The molecule has 0 saturated heterocycles. The summed E-state index contributed by atoms with van der Waals surface area (Å²) in [5.74, 6) is 2.09. The van der Waals surface area contributed by atoms with E-state index in [4.69, 9.17) is 16.9 Å². The van der Waals surface area contributed by atoms with Crippen molar-refractivity contribution >= 4 is 5.91 Å². The van der Waals surface area contributed by atoms with Crippen LogP contribution in [0.5, 0.6) is 0 Å².